The Bertz CT molecular complexity index is 828. The van der Waals surface area contributed by atoms with Crippen molar-refractivity contribution in [3.05, 3.63) is 70.8 Å². The van der Waals surface area contributed by atoms with Gasteiger partial charge in [-0.15, -0.1) is 0 Å². The molecule has 2 N–H and O–H groups in total. The maximum absolute atomic E-state index is 12.5. The summed E-state index contributed by atoms with van der Waals surface area (Å²) in [6.45, 7) is 1.21. The van der Waals surface area contributed by atoms with E-state index in [0.717, 1.165) is 25.0 Å². The van der Waals surface area contributed by atoms with E-state index in [-0.39, 0.29) is 17.9 Å². The third-order valence-electron chi connectivity index (χ3n) is 4.24. The predicted octanol–water partition coefficient (Wildman–Crippen LogP) is 3.90. The molecule has 2 amide bonds. The second-order valence-corrected chi connectivity index (χ2v) is 6.70. The second-order valence-electron chi connectivity index (χ2n) is 6.26. The van der Waals surface area contributed by atoms with Crippen LogP contribution in [0.4, 0.5) is 5.69 Å². The van der Waals surface area contributed by atoms with E-state index in [1.54, 1.807) is 42.5 Å². The number of ether oxygens (including phenoxy) is 1. The van der Waals surface area contributed by atoms with Crippen LogP contribution in [-0.4, -0.2) is 31.1 Å². The summed E-state index contributed by atoms with van der Waals surface area (Å²) in [4.78, 5) is 24.7. The standard InChI is InChI=1S/C21H21ClN2O3/c22-16-10-7-15(8-11-16)9-12-20(25)24-19-6-2-1-5-18(19)21(26)23-14-17-4-3-13-27-17/h1-2,5-12,17H,3-4,13-14H2,(H,23,26)(H,24,25)/b12-9+. The highest BCUT2D eigenvalue weighted by molar-refractivity contribution is 6.30. The zero-order valence-corrected chi connectivity index (χ0v) is 15.5. The van der Waals surface area contributed by atoms with Crippen LogP contribution in [-0.2, 0) is 9.53 Å². The lowest BCUT2D eigenvalue weighted by Gasteiger charge is -2.13. The van der Waals surface area contributed by atoms with Crippen LogP contribution in [0.25, 0.3) is 6.08 Å². The van der Waals surface area contributed by atoms with Gasteiger partial charge in [0, 0.05) is 24.3 Å². The highest BCUT2D eigenvalue weighted by Crippen LogP contribution is 2.16. The minimum atomic E-state index is -0.315. The van der Waals surface area contributed by atoms with Crippen molar-refractivity contribution in [1.29, 1.82) is 0 Å². The minimum Gasteiger partial charge on any atom is -0.376 e. The second kappa shape index (κ2) is 9.35. The number of para-hydroxylation sites is 1. The van der Waals surface area contributed by atoms with Gasteiger partial charge in [-0.3, -0.25) is 9.59 Å². The lowest BCUT2D eigenvalue weighted by Crippen LogP contribution is -2.32. The smallest absolute Gasteiger partial charge is 0.253 e. The summed E-state index contributed by atoms with van der Waals surface area (Å²) in [5, 5.41) is 6.27. The molecule has 0 saturated carbocycles. The first-order chi connectivity index (χ1) is 13.1. The third kappa shape index (κ3) is 5.67. The van der Waals surface area contributed by atoms with Gasteiger partial charge in [0.1, 0.15) is 0 Å². The Labute approximate surface area is 163 Å². The topological polar surface area (TPSA) is 67.4 Å². The molecular formula is C21H21ClN2O3. The molecule has 2 aromatic rings. The van der Waals surface area contributed by atoms with E-state index < -0.39 is 0 Å². The van der Waals surface area contributed by atoms with Gasteiger partial charge in [0.05, 0.1) is 17.4 Å². The molecule has 2 aromatic carbocycles. The van der Waals surface area contributed by atoms with E-state index >= 15 is 0 Å². The van der Waals surface area contributed by atoms with Crippen LogP contribution in [0.15, 0.2) is 54.6 Å². The average Bonchev–Trinajstić information content (AvgIpc) is 3.20. The Kier molecular flexibility index (Phi) is 6.63. The monoisotopic (exact) mass is 384 g/mol. The first-order valence-electron chi connectivity index (χ1n) is 8.85. The fourth-order valence-electron chi connectivity index (χ4n) is 2.82. The lowest BCUT2D eigenvalue weighted by atomic mass is 10.1. The van der Waals surface area contributed by atoms with Crippen molar-refractivity contribution in [3.8, 4) is 0 Å². The van der Waals surface area contributed by atoms with E-state index in [1.165, 1.54) is 6.08 Å². The van der Waals surface area contributed by atoms with Crippen molar-refractivity contribution in [2.45, 2.75) is 18.9 Å². The zero-order valence-electron chi connectivity index (χ0n) is 14.8. The number of carbonyl (C=O) groups is 2. The van der Waals surface area contributed by atoms with Crippen LogP contribution in [0, 0.1) is 0 Å². The Morgan fingerprint density at radius 2 is 1.93 bits per heavy atom. The normalized spacial score (nSPS) is 16.4. The Morgan fingerprint density at radius 3 is 2.67 bits per heavy atom. The molecule has 0 spiro atoms. The molecule has 0 radical (unpaired) electrons. The predicted molar refractivity (Wildman–Crippen MR) is 107 cm³/mol. The fourth-order valence-corrected chi connectivity index (χ4v) is 2.94. The third-order valence-corrected chi connectivity index (χ3v) is 4.49. The van der Waals surface area contributed by atoms with Crippen molar-refractivity contribution in [1.82, 2.24) is 5.32 Å². The number of anilines is 1. The number of carbonyl (C=O) groups excluding carboxylic acids is 2. The van der Waals surface area contributed by atoms with E-state index in [9.17, 15) is 9.59 Å². The van der Waals surface area contributed by atoms with Crippen LogP contribution in [0.5, 0.6) is 0 Å². The number of amides is 2. The molecule has 1 heterocycles. The van der Waals surface area contributed by atoms with E-state index in [0.29, 0.717) is 22.8 Å². The lowest BCUT2D eigenvalue weighted by molar-refractivity contribution is -0.111. The van der Waals surface area contributed by atoms with E-state index in [1.807, 2.05) is 12.1 Å². The van der Waals surface area contributed by atoms with Gasteiger partial charge < -0.3 is 15.4 Å². The Balaban J connectivity index is 1.61. The molecule has 1 aliphatic rings. The molecule has 140 valence electrons. The minimum absolute atomic E-state index is 0.0676. The van der Waals surface area contributed by atoms with E-state index in [4.69, 9.17) is 16.3 Å². The molecule has 1 atom stereocenters. The highest BCUT2D eigenvalue weighted by atomic mass is 35.5. The van der Waals surface area contributed by atoms with Crippen molar-refractivity contribution in [2.75, 3.05) is 18.5 Å². The quantitative estimate of drug-likeness (QED) is 0.742. The fraction of sp³-hybridized carbons (Fsp3) is 0.238. The molecule has 3 rings (SSSR count). The SMILES string of the molecule is O=C(/C=C/c1ccc(Cl)cc1)Nc1ccccc1C(=O)NCC1CCCO1. The number of benzene rings is 2. The molecule has 1 saturated heterocycles. The van der Waals surface area contributed by atoms with Crippen LogP contribution < -0.4 is 10.6 Å². The van der Waals surface area contributed by atoms with Crippen molar-refractivity contribution >= 4 is 35.2 Å². The van der Waals surface area contributed by atoms with Crippen LogP contribution in [0.2, 0.25) is 5.02 Å². The largest absolute Gasteiger partial charge is 0.376 e. The number of nitrogens with one attached hydrogen (secondary N) is 2. The van der Waals surface area contributed by atoms with Crippen molar-refractivity contribution in [2.24, 2.45) is 0 Å². The van der Waals surface area contributed by atoms with Gasteiger partial charge in [0.25, 0.3) is 5.91 Å². The summed E-state index contributed by atoms with van der Waals surface area (Å²) in [7, 11) is 0. The first kappa shape index (κ1) is 19.1. The van der Waals surface area contributed by atoms with Crippen molar-refractivity contribution < 1.29 is 14.3 Å². The summed E-state index contributed by atoms with van der Waals surface area (Å²) in [6, 6.07) is 14.1. The summed E-state index contributed by atoms with van der Waals surface area (Å²) in [6.07, 6.45) is 5.15. The molecule has 1 unspecified atom stereocenters. The van der Waals surface area contributed by atoms with E-state index in [2.05, 4.69) is 10.6 Å². The van der Waals surface area contributed by atoms with Gasteiger partial charge in [-0.05, 0) is 48.7 Å². The number of halogens is 1. The number of hydrogen-bond acceptors (Lipinski definition) is 3. The molecule has 6 heteroatoms. The van der Waals surface area contributed by atoms with Gasteiger partial charge in [0.15, 0.2) is 0 Å². The molecule has 0 aromatic heterocycles. The Morgan fingerprint density at radius 1 is 1.15 bits per heavy atom. The average molecular weight is 385 g/mol. The number of hydrogen-bond donors (Lipinski definition) is 2. The summed E-state index contributed by atoms with van der Waals surface area (Å²) >= 11 is 5.85. The summed E-state index contributed by atoms with van der Waals surface area (Å²) in [5.74, 6) is -0.549. The highest BCUT2D eigenvalue weighted by Gasteiger charge is 2.18. The molecule has 1 fully saturated rings. The Hall–Kier alpha value is -2.63. The molecule has 5 nitrogen and oxygen atoms in total. The van der Waals surface area contributed by atoms with Gasteiger partial charge in [-0.2, -0.15) is 0 Å². The van der Waals surface area contributed by atoms with Gasteiger partial charge >= 0.3 is 0 Å². The molecular weight excluding hydrogens is 364 g/mol. The van der Waals surface area contributed by atoms with Gasteiger partial charge in [0.2, 0.25) is 5.91 Å². The van der Waals surface area contributed by atoms with Crippen LogP contribution >= 0.6 is 11.6 Å². The maximum Gasteiger partial charge on any atom is 0.253 e. The molecule has 0 aliphatic carbocycles. The first-order valence-corrected chi connectivity index (χ1v) is 9.23. The molecule has 0 bridgehead atoms. The van der Waals surface area contributed by atoms with Gasteiger partial charge in [-0.25, -0.2) is 0 Å². The van der Waals surface area contributed by atoms with Crippen molar-refractivity contribution in [3.63, 3.8) is 0 Å². The van der Waals surface area contributed by atoms with Crippen LogP contribution in [0.3, 0.4) is 0 Å². The number of rotatable bonds is 6. The molecule has 1 aliphatic heterocycles. The zero-order chi connectivity index (χ0) is 19.1. The maximum atomic E-state index is 12.5. The van der Waals surface area contributed by atoms with Crippen LogP contribution in [0.1, 0.15) is 28.8 Å². The van der Waals surface area contributed by atoms with Gasteiger partial charge in [-0.1, -0.05) is 35.9 Å². The molecule has 27 heavy (non-hydrogen) atoms. The summed E-state index contributed by atoms with van der Waals surface area (Å²) in [5.41, 5.74) is 1.74. The summed E-state index contributed by atoms with van der Waals surface area (Å²) < 4.78 is 5.51.